The van der Waals surface area contributed by atoms with E-state index in [0.29, 0.717) is 0 Å². The van der Waals surface area contributed by atoms with Crippen molar-refractivity contribution in [2.45, 2.75) is 24.9 Å². The first kappa shape index (κ1) is 11.6. The van der Waals surface area contributed by atoms with Crippen molar-refractivity contribution in [1.82, 2.24) is 0 Å². The fourth-order valence-corrected chi connectivity index (χ4v) is 1.32. The van der Waals surface area contributed by atoms with Crippen LogP contribution in [0.4, 0.5) is 4.39 Å². The van der Waals surface area contributed by atoms with E-state index >= 15 is 0 Å². The van der Waals surface area contributed by atoms with E-state index in [2.05, 4.69) is 11.3 Å². The Labute approximate surface area is 86.1 Å². The molecule has 1 fully saturated rings. The molecule has 0 N–H and O–H groups in total. The first-order chi connectivity index (χ1) is 7.00. The molecule has 1 atom stereocenters. The van der Waals surface area contributed by atoms with Gasteiger partial charge in [0.15, 0.2) is 5.78 Å². The van der Waals surface area contributed by atoms with Crippen LogP contribution in [0.2, 0.25) is 0 Å². The van der Waals surface area contributed by atoms with Crippen molar-refractivity contribution in [2.24, 2.45) is 0 Å². The zero-order chi connectivity index (χ0) is 11.5. The third-order valence-electron chi connectivity index (χ3n) is 2.20. The largest absolute Gasteiger partial charge is 0.459 e. The number of Topliss-reactive ketones (excluding diaryl/α,β-unsaturated/α-hetero) is 2. The number of hydrogen-bond donors (Lipinski definition) is 0. The summed E-state index contributed by atoms with van der Waals surface area (Å²) in [5, 5.41) is 0. The summed E-state index contributed by atoms with van der Waals surface area (Å²) in [6.45, 7) is 3.15. The number of alkyl halides is 1. The number of ether oxygens (including phenoxy) is 1. The zero-order valence-electron chi connectivity index (χ0n) is 8.12. The smallest absolute Gasteiger partial charge is 0.352 e. The van der Waals surface area contributed by atoms with E-state index in [1.54, 1.807) is 0 Å². The second kappa shape index (κ2) is 4.33. The van der Waals surface area contributed by atoms with Crippen LogP contribution in [-0.2, 0) is 19.1 Å². The molecule has 0 radical (unpaired) electrons. The lowest BCUT2D eigenvalue weighted by atomic mass is 9.84. The molecule has 0 aromatic carbocycles. The minimum atomic E-state index is -2.64. The monoisotopic (exact) mass is 214 g/mol. The number of carbonyl (C=O) groups excluding carboxylic acids is 3. The molecule has 1 rings (SSSR count). The van der Waals surface area contributed by atoms with Gasteiger partial charge < -0.3 is 4.74 Å². The maximum absolute atomic E-state index is 13.8. The van der Waals surface area contributed by atoms with Crippen molar-refractivity contribution in [3.05, 3.63) is 12.7 Å². The van der Waals surface area contributed by atoms with E-state index < -0.39 is 30.3 Å². The summed E-state index contributed by atoms with van der Waals surface area (Å²) >= 11 is 0. The Morgan fingerprint density at radius 3 is 2.80 bits per heavy atom. The summed E-state index contributed by atoms with van der Waals surface area (Å²) in [5.41, 5.74) is -2.64. The lowest BCUT2D eigenvalue weighted by Gasteiger charge is -2.24. The Morgan fingerprint density at radius 2 is 2.27 bits per heavy atom. The van der Waals surface area contributed by atoms with Crippen molar-refractivity contribution in [1.29, 1.82) is 0 Å². The molecule has 5 heteroatoms. The Kier molecular flexibility index (Phi) is 3.34. The van der Waals surface area contributed by atoms with Crippen LogP contribution < -0.4 is 0 Å². The molecular weight excluding hydrogens is 203 g/mol. The number of hydrogen-bond acceptors (Lipinski definition) is 4. The normalized spacial score (nSPS) is 26.2. The summed E-state index contributed by atoms with van der Waals surface area (Å²) in [5.74, 6) is -2.57. The summed E-state index contributed by atoms with van der Waals surface area (Å²) in [6, 6.07) is 0. The lowest BCUT2D eigenvalue weighted by molar-refractivity contribution is -0.164. The molecule has 0 aromatic rings. The Morgan fingerprint density at radius 1 is 1.60 bits per heavy atom. The fourth-order valence-electron chi connectivity index (χ4n) is 1.32. The van der Waals surface area contributed by atoms with Crippen LogP contribution in [-0.4, -0.2) is 29.8 Å². The highest BCUT2D eigenvalue weighted by Gasteiger charge is 2.50. The number of esters is 1. The van der Waals surface area contributed by atoms with Gasteiger partial charge in [0.05, 0.1) is 6.42 Å². The van der Waals surface area contributed by atoms with Crippen molar-refractivity contribution in [2.75, 3.05) is 6.61 Å². The van der Waals surface area contributed by atoms with E-state index in [1.165, 1.54) is 6.08 Å². The predicted molar refractivity (Wildman–Crippen MR) is 48.9 cm³/mol. The molecule has 1 unspecified atom stereocenters. The van der Waals surface area contributed by atoms with Gasteiger partial charge in [-0.1, -0.05) is 12.7 Å². The van der Waals surface area contributed by atoms with Crippen LogP contribution in [0.3, 0.4) is 0 Å². The molecule has 1 aliphatic rings. The van der Waals surface area contributed by atoms with Crippen molar-refractivity contribution in [3.8, 4) is 0 Å². The van der Waals surface area contributed by atoms with E-state index in [1.807, 2.05) is 0 Å². The van der Waals surface area contributed by atoms with E-state index in [0.717, 1.165) is 0 Å². The van der Waals surface area contributed by atoms with Crippen LogP contribution in [0.1, 0.15) is 19.3 Å². The molecule has 1 aliphatic carbocycles. The van der Waals surface area contributed by atoms with Gasteiger partial charge in [0.2, 0.25) is 0 Å². The number of rotatable bonds is 3. The van der Waals surface area contributed by atoms with Gasteiger partial charge in [-0.15, -0.1) is 0 Å². The average molecular weight is 214 g/mol. The summed E-state index contributed by atoms with van der Waals surface area (Å²) in [6.07, 6.45) is 0.228. The Hall–Kier alpha value is -1.52. The first-order valence-corrected chi connectivity index (χ1v) is 4.52. The summed E-state index contributed by atoms with van der Waals surface area (Å²) in [4.78, 5) is 33.3. The second-order valence-corrected chi connectivity index (χ2v) is 3.33. The summed E-state index contributed by atoms with van der Waals surface area (Å²) < 4.78 is 18.3. The first-order valence-electron chi connectivity index (χ1n) is 4.52. The van der Waals surface area contributed by atoms with Crippen LogP contribution >= 0.6 is 0 Å². The molecule has 4 nitrogen and oxygen atoms in total. The van der Waals surface area contributed by atoms with Crippen molar-refractivity contribution >= 4 is 17.5 Å². The van der Waals surface area contributed by atoms with Gasteiger partial charge in [-0.2, -0.15) is 0 Å². The van der Waals surface area contributed by atoms with E-state index in [4.69, 9.17) is 0 Å². The molecule has 0 amide bonds. The lowest BCUT2D eigenvalue weighted by Crippen LogP contribution is -2.47. The van der Waals surface area contributed by atoms with E-state index in [9.17, 15) is 18.8 Å². The van der Waals surface area contributed by atoms with Crippen molar-refractivity contribution in [3.63, 3.8) is 0 Å². The summed E-state index contributed by atoms with van der Waals surface area (Å²) in [7, 11) is 0. The zero-order valence-corrected chi connectivity index (χ0v) is 8.12. The number of ketones is 2. The molecule has 82 valence electrons. The third kappa shape index (κ3) is 2.29. The van der Waals surface area contributed by atoms with Crippen molar-refractivity contribution < 1.29 is 23.5 Å². The van der Waals surface area contributed by atoms with Gasteiger partial charge in [-0.05, 0) is 0 Å². The minimum Gasteiger partial charge on any atom is -0.459 e. The Balaban J connectivity index is 2.72. The highest BCUT2D eigenvalue weighted by molar-refractivity contribution is 6.15. The topological polar surface area (TPSA) is 60.4 Å². The molecular formula is C10H11FO4. The molecule has 1 saturated carbocycles. The van der Waals surface area contributed by atoms with Crippen LogP contribution in [0.25, 0.3) is 0 Å². The fraction of sp³-hybridized carbons (Fsp3) is 0.500. The van der Waals surface area contributed by atoms with Gasteiger partial charge >= 0.3 is 5.97 Å². The van der Waals surface area contributed by atoms with Gasteiger partial charge in [0.1, 0.15) is 12.4 Å². The predicted octanol–water partition coefficient (Wildman–Crippen LogP) is 0.746. The number of carbonyl (C=O) groups is 3. The maximum Gasteiger partial charge on any atom is 0.352 e. The quantitative estimate of drug-likeness (QED) is 0.395. The highest BCUT2D eigenvalue weighted by atomic mass is 19.1. The van der Waals surface area contributed by atoms with Gasteiger partial charge in [-0.3, -0.25) is 9.59 Å². The molecule has 0 aliphatic heterocycles. The van der Waals surface area contributed by atoms with Crippen LogP contribution in [0.5, 0.6) is 0 Å². The minimum absolute atomic E-state index is 0.106. The molecule has 0 spiro atoms. The van der Waals surface area contributed by atoms with E-state index in [-0.39, 0.29) is 18.8 Å². The number of halogens is 1. The van der Waals surface area contributed by atoms with Gasteiger partial charge in [-0.25, -0.2) is 9.18 Å². The second-order valence-electron chi connectivity index (χ2n) is 3.33. The van der Waals surface area contributed by atoms with Crippen LogP contribution in [0.15, 0.2) is 12.7 Å². The van der Waals surface area contributed by atoms with Gasteiger partial charge in [0, 0.05) is 12.8 Å². The standard InChI is InChI=1S/C10H11FO4/c1-2-5-15-9(14)10(11)4-3-7(12)6-8(10)13/h2H,1,3-6H2. The molecule has 0 aromatic heterocycles. The molecule has 15 heavy (non-hydrogen) atoms. The Bertz CT molecular complexity index is 323. The molecule has 0 heterocycles. The average Bonchev–Trinajstić information content (AvgIpc) is 2.20. The molecule has 0 saturated heterocycles. The maximum atomic E-state index is 13.8. The van der Waals surface area contributed by atoms with Gasteiger partial charge in [0.25, 0.3) is 5.67 Å². The third-order valence-corrected chi connectivity index (χ3v) is 2.20. The SMILES string of the molecule is C=CCOC(=O)C1(F)CCC(=O)CC1=O. The van der Waals surface area contributed by atoms with Crippen LogP contribution in [0, 0.1) is 0 Å². The molecule has 0 bridgehead atoms. The highest BCUT2D eigenvalue weighted by Crippen LogP contribution is 2.28.